The van der Waals surface area contributed by atoms with Crippen molar-refractivity contribution < 1.29 is 39.3 Å². The summed E-state index contributed by atoms with van der Waals surface area (Å²) in [7, 11) is -6.62. The molecule has 0 spiro atoms. The summed E-state index contributed by atoms with van der Waals surface area (Å²) in [5.74, 6) is 0.754. The molecule has 348 valence electrons. The molecule has 0 bridgehead atoms. The van der Waals surface area contributed by atoms with Crippen molar-refractivity contribution in [2.24, 2.45) is 11.8 Å². The zero-order valence-electron chi connectivity index (χ0n) is 36.8. The monoisotopic (exact) mass is 941 g/mol. The van der Waals surface area contributed by atoms with Crippen molar-refractivity contribution >= 4 is 63.9 Å². The van der Waals surface area contributed by atoms with Crippen molar-refractivity contribution in [3.05, 3.63) is 66.5 Å². The van der Waals surface area contributed by atoms with E-state index in [0.29, 0.717) is 87.5 Å². The maximum absolute atomic E-state index is 13.6. The van der Waals surface area contributed by atoms with Crippen LogP contribution in [0.4, 0.5) is 11.6 Å². The van der Waals surface area contributed by atoms with Gasteiger partial charge >= 0.3 is 0 Å². The Labute approximate surface area is 375 Å². The zero-order chi connectivity index (χ0) is 45.4. The Kier molecular flexibility index (Phi) is 13.7. The van der Waals surface area contributed by atoms with E-state index in [-0.39, 0.29) is 46.2 Å². The number of fused-ring (bicyclic) bond motifs is 2. The molecule has 2 saturated carbocycles. The Morgan fingerprint density at radius 2 is 1.52 bits per heavy atom. The van der Waals surface area contributed by atoms with Gasteiger partial charge in [0.05, 0.1) is 40.7 Å². The van der Waals surface area contributed by atoms with Crippen molar-refractivity contribution in [3.8, 4) is 0 Å². The highest BCUT2D eigenvalue weighted by Gasteiger charge is 2.41. The fraction of sp³-hybridized carbons (Fsp3) is 0.581. The molecule has 8 rings (SSSR count). The van der Waals surface area contributed by atoms with Crippen molar-refractivity contribution in [2.75, 3.05) is 63.1 Å². The standard InChI is InChI=1S/C43H59N9O9S3/c1-29-7-17-35(18-8-29)63(55,56)52-23-20-37-41(45-28-46-42(37)52)49(2)33-15-11-31(12-16-33)38(64(57,58)59)40-47-39-36(19-21-44-39)43(48-40)50(3)32-13-9-30(10-14-32)27-62(53,54)51-22-5-6-34(26-51)61-25-24-60-4/h7-8,17-21,23,28,30-34,38H,5-6,9-16,22,24-27H2,1-4H3,(H,44,47,48)(H,57,58,59)/t30-,31-,32-,33-,34?,38?. The summed E-state index contributed by atoms with van der Waals surface area (Å²) in [5.41, 5.74) is 1.66. The molecule has 2 unspecified atom stereocenters. The smallest absolute Gasteiger partial charge is 0.275 e. The molecule has 21 heteroatoms. The molecule has 1 aromatic carbocycles. The molecule has 2 atom stereocenters. The van der Waals surface area contributed by atoms with Crippen LogP contribution in [0, 0.1) is 18.8 Å². The lowest BCUT2D eigenvalue weighted by atomic mass is 9.83. The minimum absolute atomic E-state index is 0.0115. The number of nitrogens with one attached hydrogen (secondary N) is 1. The van der Waals surface area contributed by atoms with E-state index in [1.807, 2.05) is 36.9 Å². The van der Waals surface area contributed by atoms with Gasteiger partial charge in [0.1, 0.15) is 28.9 Å². The highest BCUT2D eigenvalue weighted by molar-refractivity contribution is 7.90. The third kappa shape index (κ3) is 9.66. The number of methoxy groups -OCH3 is 1. The summed E-state index contributed by atoms with van der Waals surface area (Å²) in [5, 5.41) is -0.0809. The lowest BCUT2D eigenvalue weighted by Crippen LogP contribution is -2.46. The van der Waals surface area contributed by atoms with Gasteiger partial charge in [-0.2, -0.15) is 12.7 Å². The van der Waals surface area contributed by atoms with Crippen LogP contribution < -0.4 is 9.80 Å². The molecule has 0 radical (unpaired) electrons. The number of anilines is 2. The fourth-order valence-corrected chi connectivity index (χ4v) is 14.3. The van der Waals surface area contributed by atoms with E-state index in [4.69, 9.17) is 14.5 Å². The van der Waals surface area contributed by atoms with Gasteiger partial charge in [0, 0.05) is 58.8 Å². The first-order chi connectivity index (χ1) is 30.5. The molecule has 5 aromatic rings. The molecule has 5 heterocycles. The van der Waals surface area contributed by atoms with Crippen molar-refractivity contribution in [1.29, 1.82) is 0 Å². The number of rotatable bonds is 16. The van der Waals surface area contributed by atoms with E-state index in [0.717, 1.165) is 36.6 Å². The molecule has 3 fully saturated rings. The molecular weight excluding hydrogens is 883 g/mol. The van der Waals surface area contributed by atoms with E-state index in [1.165, 1.54) is 16.5 Å². The maximum atomic E-state index is 13.6. The number of ether oxygens (including phenoxy) is 2. The quantitative estimate of drug-likeness (QED) is 0.0943. The molecule has 2 N–H and O–H groups in total. The van der Waals surface area contributed by atoms with Gasteiger partial charge in [-0.1, -0.05) is 17.7 Å². The van der Waals surface area contributed by atoms with Gasteiger partial charge < -0.3 is 24.3 Å². The second-order valence-electron chi connectivity index (χ2n) is 17.7. The SMILES string of the molecule is COCCOC1CCCN(S(=O)(=O)C[C@H]2CC[C@H](N(C)c3nc(C([C@H]4CC[C@H](N(C)c5ncnc6c5ccn6S(=O)(=O)c5ccc(C)cc5)CC4)S(=O)(=O)O)nc4[nH]ccc34)CC2)C1. The lowest BCUT2D eigenvalue weighted by Gasteiger charge is -2.38. The van der Waals surface area contributed by atoms with E-state index < -0.39 is 41.3 Å². The van der Waals surface area contributed by atoms with Crippen LogP contribution in [0.15, 0.2) is 60.0 Å². The molecule has 0 amide bonds. The Hall–Kier alpha value is -4.25. The summed E-state index contributed by atoms with van der Waals surface area (Å²) in [6, 6.07) is 10.1. The molecule has 2 aliphatic carbocycles. The first kappa shape index (κ1) is 46.3. The van der Waals surface area contributed by atoms with Crippen LogP contribution in [-0.2, 0) is 39.6 Å². The largest absolute Gasteiger partial charge is 0.382 e. The third-order valence-corrected chi connectivity index (χ3v) is 18.5. The molecule has 64 heavy (non-hydrogen) atoms. The summed E-state index contributed by atoms with van der Waals surface area (Å²) < 4.78 is 106. The maximum Gasteiger partial charge on any atom is 0.275 e. The normalized spacial score (nSPS) is 23.4. The van der Waals surface area contributed by atoms with Gasteiger partial charge in [0.15, 0.2) is 11.5 Å². The second kappa shape index (κ2) is 18.9. The predicted molar refractivity (Wildman–Crippen MR) is 244 cm³/mol. The molecule has 4 aromatic heterocycles. The summed E-state index contributed by atoms with van der Waals surface area (Å²) in [6.07, 6.45) is 10.9. The van der Waals surface area contributed by atoms with Crippen LogP contribution in [0.5, 0.6) is 0 Å². The molecule has 1 aliphatic heterocycles. The molecule has 1 saturated heterocycles. The van der Waals surface area contributed by atoms with E-state index >= 15 is 0 Å². The van der Waals surface area contributed by atoms with Gasteiger partial charge in [-0.25, -0.2) is 40.7 Å². The third-order valence-electron chi connectivity index (χ3n) is 13.6. The van der Waals surface area contributed by atoms with Gasteiger partial charge in [-0.3, -0.25) is 4.55 Å². The number of aryl methyl sites for hydroxylation is 1. The molecular formula is C43H59N9O9S3. The molecule has 18 nitrogen and oxygen atoms in total. The first-order valence-electron chi connectivity index (χ1n) is 22.0. The van der Waals surface area contributed by atoms with E-state index in [1.54, 1.807) is 47.9 Å². The Morgan fingerprint density at radius 1 is 0.828 bits per heavy atom. The van der Waals surface area contributed by atoms with Crippen LogP contribution in [0.25, 0.3) is 22.1 Å². The number of benzene rings is 1. The Bertz CT molecular complexity index is 2750. The van der Waals surface area contributed by atoms with Crippen LogP contribution in [0.1, 0.15) is 80.8 Å². The van der Waals surface area contributed by atoms with E-state index in [9.17, 15) is 29.8 Å². The van der Waals surface area contributed by atoms with E-state index in [2.05, 4.69) is 19.9 Å². The fourth-order valence-electron chi connectivity index (χ4n) is 9.97. The van der Waals surface area contributed by atoms with Gasteiger partial charge in [-0.15, -0.1) is 0 Å². The average Bonchev–Trinajstić information content (AvgIpc) is 3.95. The van der Waals surface area contributed by atoms with Crippen LogP contribution in [-0.4, -0.2) is 134 Å². The van der Waals surface area contributed by atoms with Crippen molar-refractivity contribution in [2.45, 2.75) is 99.5 Å². The van der Waals surface area contributed by atoms with Crippen LogP contribution >= 0.6 is 0 Å². The number of piperidine rings is 1. The Morgan fingerprint density at radius 3 is 2.20 bits per heavy atom. The van der Waals surface area contributed by atoms with Crippen molar-refractivity contribution in [3.63, 3.8) is 0 Å². The number of hydrogen-bond acceptors (Lipinski definition) is 14. The molecule has 3 aliphatic rings. The number of sulfonamides is 1. The summed E-state index contributed by atoms with van der Waals surface area (Å²) >= 11 is 0. The highest BCUT2D eigenvalue weighted by atomic mass is 32.2. The minimum Gasteiger partial charge on any atom is -0.382 e. The van der Waals surface area contributed by atoms with Gasteiger partial charge in [0.25, 0.3) is 20.1 Å². The summed E-state index contributed by atoms with van der Waals surface area (Å²) in [6.45, 7) is 3.66. The number of aromatic amines is 1. The summed E-state index contributed by atoms with van der Waals surface area (Å²) in [4.78, 5) is 25.8. The van der Waals surface area contributed by atoms with Crippen LogP contribution in [0.2, 0.25) is 0 Å². The Balaban J connectivity index is 0.940. The first-order valence-corrected chi connectivity index (χ1v) is 26.6. The number of nitrogens with zero attached hydrogens (tertiary/aromatic N) is 8. The lowest BCUT2D eigenvalue weighted by molar-refractivity contribution is -0.00658. The highest BCUT2D eigenvalue weighted by Crippen LogP contribution is 2.42. The topological polar surface area (TPSA) is 223 Å². The number of hydrogen-bond donors (Lipinski definition) is 2. The second-order valence-corrected chi connectivity index (χ2v) is 23.0. The number of aromatic nitrogens is 6. The predicted octanol–water partition coefficient (Wildman–Crippen LogP) is 5.32. The zero-order valence-corrected chi connectivity index (χ0v) is 39.2. The average molecular weight is 942 g/mol. The number of H-pyrrole nitrogens is 1. The minimum atomic E-state index is -4.66. The van der Waals surface area contributed by atoms with Gasteiger partial charge in [0.2, 0.25) is 10.0 Å². The van der Waals surface area contributed by atoms with Crippen LogP contribution in [0.3, 0.4) is 0 Å². The van der Waals surface area contributed by atoms with Crippen molar-refractivity contribution in [1.82, 2.24) is 33.2 Å². The van der Waals surface area contributed by atoms with Gasteiger partial charge in [-0.05, 0) is 107 Å².